The molecule has 0 bridgehead atoms. The van der Waals surface area contributed by atoms with Gasteiger partial charge in [-0.05, 0) is 54.3 Å². The number of benzene rings is 2. The number of sulfonamides is 1. The molecule has 0 saturated carbocycles. The van der Waals surface area contributed by atoms with Crippen LogP contribution in [0.4, 0.5) is 23.2 Å². The Hall–Kier alpha value is -2.32. The maximum atomic E-state index is 13.7. The van der Waals surface area contributed by atoms with Crippen molar-refractivity contribution >= 4 is 37.8 Å². The van der Waals surface area contributed by atoms with Crippen molar-refractivity contribution in [3.05, 3.63) is 77.4 Å². The summed E-state index contributed by atoms with van der Waals surface area (Å²) in [5, 5.41) is 11.6. The van der Waals surface area contributed by atoms with Crippen molar-refractivity contribution in [1.29, 1.82) is 0 Å². The third-order valence-electron chi connectivity index (χ3n) is 6.25. The summed E-state index contributed by atoms with van der Waals surface area (Å²) in [7, 11) is -5.48. The van der Waals surface area contributed by atoms with Crippen LogP contribution in [0, 0.1) is 5.82 Å². The first kappa shape index (κ1) is 27.7. The third-order valence-corrected chi connectivity index (χ3v) is 11.0. The smallest absolute Gasteiger partial charge is 0.376 e. The molecule has 0 radical (unpaired) electrons. The molecule has 200 valence electrons. The molecule has 0 aliphatic carbocycles. The molecular formula is C24H24F4N2O4S3. The van der Waals surface area contributed by atoms with Gasteiger partial charge in [-0.15, -0.1) is 11.3 Å². The Labute approximate surface area is 218 Å². The fourth-order valence-corrected chi connectivity index (χ4v) is 8.00. The van der Waals surface area contributed by atoms with Crippen LogP contribution in [-0.2, 0) is 26.4 Å². The number of alkyl halides is 3. The van der Waals surface area contributed by atoms with Gasteiger partial charge in [-0.2, -0.15) is 17.5 Å². The van der Waals surface area contributed by atoms with E-state index in [0.29, 0.717) is 12.6 Å². The molecule has 1 aromatic heterocycles. The summed E-state index contributed by atoms with van der Waals surface area (Å²) in [6.45, 7) is 0.931. The van der Waals surface area contributed by atoms with Crippen molar-refractivity contribution in [1.82, 2.24) is 4.31 Å². The molecule has 2 aromatic carbocycles. The second kappa shape index (κ2) is 10.4. The molecule has 37 heavy (non-hydrogen) atoms. The highest BCUT2D eigenvalue weighted by Crippen LogP contribution is 2.39. The minimum absolute atomic E-state index is 0.0245. The molecule has 0 amide bonds. The van der Waals surface area contributed by atoms with Crippen LogP contribution in [0.15, 0.2) is 75.1 Å². The maximum Gasteiger partial charge on any atom is 0.421 e. The number of hydrogen-bond donors (Lipinski definition) is 1. The van der Waals surface area contributed by atoms with E-state index in [4.69, 9.17) is 0 Å². The van der Waals surface area contributed by atoms with E-state index in [9.17, 15) is 35.3 Å². The lowest BCUT2D eigenvalue weighted by Gasteiger charge is -2.42. The van der Waals surface area contributed by atoms with Crippen LogP contribution in [0.5, 0.6) is 0 Å². The molecule has 1 aliphatic heterocycles. The van der Waals surface area contributed by atoms with Crippen LogP contribution in [0.3, 0.4) is 0 Å². The minimum Gasteiger partial charge on any atom is -0.376 e. The highest BCUT2D eigenvalue weighted by molar-refractivity contribution is 7.91. The number of hydrogen-bond acceptors (Lipinski definition) is 6. The van der Waals surface area contributed by atoms with Gasteiger partial charge >= 0.3 is 6.18 Å². The predicted octanol–water partition coefficient (Wildman–Crippen LogP) is 4.34. The van der Waals surface area contributed by atoms with Crippen LogP contribution in [0.1, 0.15) is 12.5 Å². The first-order chi connectivity index (χ1) is 17.3. The highest BCUT2D eigenvalue weighted by Gasteiger charge is 2.51. The standard InChI is InChI=1S/C24H24F4N2O4S3/c1-23(31,24(26,27)28)17-7-9-19(10-8-17)30-12-11-29(37(33,34)22-6-3-13-35-22)15-20(30)16-36(32)21-5-2-4-18(25)14-21/h2-10,13-14,20,31H,11-12,15-16H2,1H3/t20-,23?,36-/m1/s1. The quantitative estimate of drug-likeness (QED) is 0.424. The molecule has 3 atom stereocenters. The summed E-state index contributed by atoms with van der Waals surface area (Å²) < 4.78 is 94.4. The van der Waals surface area contributed by atoms with Crippen molar-refractivity contribution in [2.75, 3.05) is 30.3 Å². The van der Waals surface area contributed by atoms with E-state index in [2.05, 4.69) is 0 Å². The van der Waals surface area contributed by atoms with E-state index in [1.165, 1.54) is 40.7 Å². The fourth-order valence-electron chi connectivity index (χ4n) is 4.09. The van der Waals surface area contributed by atoms with Crippen LogP contribution >= 0.6 is 11.3 Å². The molecule has 1 aliphatic rings. The Morgan fingerprint density at radius 2 is 1.78 bits per heavy atom. The number of rotatable bonds is 7. The van der Waals surface area contributed by atoms with Gasteiger partial charge in [0.2, 0.25) is 0 Å². The molecule has 1 saturated heterocycles. The monoisotopic (exact) mass is 576 g/mol. The van der Waals surface area contributed by atoms with Gasteiger partial charge < -0.3 is 10.0 Å². The van der Waals surface area contributed by atoms with E-state index >= 15 is 0 Å². The van der Waals surface area contributed by atoms with Gasteiger partial charge in [0.05, 0.1) is 16.8 Å². The van der Waals surface area contributed by atoms with Crippen LogP contribution in [-0.4, -0.2) is 59.6 Å². The Kier molecular flexibility index (Phi) is 7.82. The molecule has 1 unspecified atom stereocenters. The Balaban J connectivity index is 1.64. The van der Waals surface area contributed by atoms with E-state index in [1.54, 1.807) is 16.3 Å². The zero-order valence-corrected chi connectivity index (χ0v) is 22.0. The largest absolute Gasteiger partial charge is 0.421 e. The second-order valence-corrected chi connectivity index (χ2v) is 13.3. The Bertz CT molecular complexity index is 1360. The average molecular weight is 577 g/mol. The summed E-state index contributed by atoms with van der Waals surface area (Å²) in [6.07, 6.45) is -4.87. The van der Waals surface area contributed by atoms with Crippen LogP contribution in [0.25, 0.3) is 0 Å². The van der Waals surface area contributed by atoms with Gasteiger partial charge in [0.15, 0.2) is 5.60 Å². The summed E-state index contributed by atoms with van der Waals surface area (Å²) in [4.78, 5) is 2.03. The SMILES string of the molecule is CC(O)(c1ccc(N2CCN(S(=O)(=O)c3cccs3)C[C@@H]2C[S@@](=O)c2cccc(F)c2)cc1)C(F)(F)F. The van der Waals surface area contributed by atoms with Gasteiger partial charge in [0.25, 0.3) is 10.0 Å². The number of halogens is 4. The molecule has 1 fully saturated rings. The molecule has 13 heteroatoms. The zero-order chi connectivity index (χ0) is 27.0. The van der Waals surface area contributed by atoms with Crippen molar-refractivity contribution in [3.63, 3.8) is 0 Å². The summed E-state index contributed by atoms with van der Waals surface area (Å²) in [5.74, 6) is -0.595. The lowest BCUT2D eigenvalue weighted by Crippen LogP contribution is -2.56. The number of nitrogens with zero attached hydrogens (tertiary/aromatic N) is 2. The van der Waals surface area contributed by atoms with Gasteiger partial charge in [0.1, 0.15) is 10.0 Å². The zero-order valence-electron chi connectivity index (χ0n) is 19.6. The first-order valence-electron chi connectivity index (χ1n) is 11.1. The topological polar surface area (TPSA) is 77.9 Å². The van der Waals surface area contributed by atoms with Crippen molar-refractivity contribution in [2.24, 2.45) is 0 Å². The molecule has 4 rings (SSSR count). The van der Waals surface area contributed by atoms with E-state index in [0.717, 1.165) is 29.5 Å². The molecular weight excluding hydrogens is 552 g/mol. The number of aliphatic hydroxyl groups is 1. The van der Waals surface area contributed by atoms with E-state index < -0.39 is 44.5 Å². The Morgan fingerprint density at radius 1 is 1.08 bits per heavy atom. The predicted molar refractivity (Wildman–Crippen MR) is 134 cm³/mol. The third kappa shape index (κ3) is 5.75. The van der Waals surface area contributed by atoms with Crippen molar-refractivity contribution < 1.29 is 35.3 Å². The van der Waals surface area contributed by atoms with E-state index in [1.807, 2.05) is 0 Å². The van der Waals surface area contributed by atoms with Gasteiger partial charge in [-0.1, -0.05) is 24.3 Å². The minimum atomic E-state index is -4.87. The molecule has 0 spiro atoms. The number of thiophene rings is 1. The molecule has 2 heterocycles. The van der Waals surface area contributed by atoms with Crippen LogP contribution < -0.4 is 4.90 Å². The molecule has 3 aromatic rings. The number of piperazine rings is 1. The van der Waals surface area contributed by atoms with Gasteiger partial charge in [0, 0.05) is 36.0 Å². The normalized spacial score (nSPS) is 19.9. The first-order valence-corrected chi connectivity index (χ1v) is 14.8. The van der Waals surface area contributed by atoms with Gasteiger partial charge in [-0.3, -0.25) is 4.21 Å². The lowest BCUT2D eigenvalue weighted by molar-refractivity contribution is -0.258. The summed E-state index contributed by atoms with van der Waals surface area (Å²) in [6, 6.07) is 13.0. The van der Waals surface area contributed by atoms with Crippen molar-refractivity contribution in [2.45, 2.75) is 33.8 Å². The van der Waals surface area contributed by atoms with E-state index in [-0.39, 0.29) is 40.1 Å². The second-order valence-electron chi connectivity index (χ2n) is 8.73. The fraction of sp³-hybridized carbons (Fsp3) is 0.333. The lowest BCUT2D eigenvalue weighted by atomic mass is 9.95. The Morgan fingerprint density at radius 3 is 2.38 bits per heavy atom. The molecule has 6 nitrogen and oxygen atoms in total. The summed E-state index contributed by atoms with van der Waals surface area (Å²) in [5.41, 5.74) is -2.91. The van der Waals surface area contributed by atoms with Crippen LogP contribution in [0.2, 0.25) is 0 Å². The van der Waals surface area contributed by atoms with Crippen molar-refractivity contribution in [3.8, 4) is 0 Å². The average Bonchev–Trinajstić information content (AvgIpc) is 3.39. The maximum absolute atomic E-state index is 13.7. The number of anilines is 1. The van der Waals surface area contributed by atoms with Gasteiger partial charge in [-0.25, -0.2) is 12.8 Å². The highest BCUT2D eigenvalue weighted by atomic mass is 32.2. The molecule has 1 N–H and O–H groups in total. The summed E-state index contributed by atoms with van der Waals surface area (Å²) >= 11 is 1.08.